The molecular weight excluding hydrogens is 294 g/mol. The Labute approximate surface area is 136 Å². The lowest BCUT2D eigenvalue weighted by molar-refractivity contribution is -0.138. The van der Waals surface area contributed by atoms with Crippen molar-refractivity contribution in [2.75, 3.05) is 20.7 Å². The maximum absolute atomic E-state index is 10.7. The Balaban J connectivity index is 2.07. The predicted molar refractivity (Wildman–Crippen MR) is 87.7 cm³/mol. The van der Waals surface area contributed by atoms with Crippen LogP contribution in [0.5, 0.6) is 11.5 Å². The highest BCUT2D eigenvalue weighted by Gasteiger charge is 2.09. The summed E-state index contributed by atoms with van der Waals surface area (Å²) >= 11 is 0. The van der Waals surface area contributed by atoms with Crippen molar-refractivity contribution in [1.29, 1.82) is 0 Å². The molecule has 2 aromatic carbocycles. The lowest BCUT2D eigenvalue weighted by atomic mass is 10.2. The highest BCUT2D eigenvalue weighted by atomic mass is 16.5. The number of carboxylic acids is 1. The van der Waals surface area contributed by atoms with E-state index in [2.05, 4.69) is 0 Å². The van der Waals surface area contributed by atoms with Crippen LogP contribution in [0.2, 0.25) is 0 Å². The number of carboxylic acid groups (broad SMARTS) is 1. The van der Waals surface area contributed by atoms with Gasteiger partial charge < -0.3 is 14.6 Å². The molecular formula is C18H21NO4. The minimum absolute atomic E-state index is 0.00770. The summed E-state index contributed by atoms with van der Waals surface area (Å²) < 4.78 is 11.2. The van der Waals surface area contributed by atoms with E-state index in [1.165, 1.54) is 0 Å². The highest BCUT2D eigenvalue weighted by Crippen LogP contribution is 2.29. The number of benzene rings is 2. The van der Waals surface area contributed by atoms with Crippen molar-refractivity contribution in [3.05, 3.63) is 59.7 Å². The number of hydrogen-bond donors (Lipinski definition) is 1. The molecule has 0 fully saturated rings. The third-order valence-electron chi connectivity index (χ3n) is 3.32. The van der Waals surface area contributed by atoms with Crippen LogP contribution in [0.3, 0.4) is 0 Å². The molecule has 5 heteroatoms. The standard InChI is InChI=1S/C18H21NO4/c1-19(12-18(20)21)11-15-8-9-16(22-2)17(10-15)23-13-14-6-4-3-5-7-14/h3-10H,11-13H2,1-2H3,(H,20,21). The Morgan fingerprint density at radius 3 is 2.48 bits per heavy atom. The van der Waals surface area contributed by atoms with Gasteiger partial charge in [0.15, 0.2) is 11.5 Å². The molecule has 23 heavy (non-hydrogen) atoms. The molecule has 5 nitrogen and oxygen atoms in total. The maximum atomic E-state index is 10.7. The first-order chi connectivity index (χ1) is 11.1. The average molecular weight is 315 g/mol. The average Bonchev–Trinajstić information content (AvgIpc) is 2.53. The van der Waals surface area contributed by atoms with Gasteiger partial charge in [-0.15, -0.1) is 0 Å². The molecule has 0 bridgehead atoms. The van der Waals surface area contributed by atoms with Gasteiger partial charge in [0.25, 0.3) is 0 Å². The third-order valence-corrected chi connectivity index (χ3v) is 3.32. The second kappa shape index (κ2) is 8.19. The minimum Gasteiger partial charge on any atom is -0.493 e. The summed E-state index contributed by atoms with van der Waals surface area (Å²) in [6, 6.07) is 15.5. The molecule has 0 aliphatic rings. The zero-order valence-corrected chi connectivity index (χ0v) is 13.4. The number of nitrogens with zero attached hydrogens (tertiary/aromatic N) is 1. The number of aliphatic carboxylic acids is 1. The molecule has 0 saturated heterocycles. The Bertz CT molecular complexity index is 643. The topological polar surface area (TPSA) is 59.0 Å². The predicted octanol–water partition coefficient (Wildman–Crippen LogP) is 2.79. The molecule has 2 rings (SSSR count). The van der Waals surface area contributed by atoms with E-state index in [1.54, 1.807) is 19.1 Å². The first-order valence-corrected chi connectivity index (χ1v) is 7.32. The number of methoxy groups -OCH3 is 1. The van der Waals surface area contributed by atoms with E-state index in [0.717, 1.165) is 11.1 Å². The molecule has 0 spiro atoms. The molecule has 0 amide bonds. The minimum atomic E-state index is -0.846. The van der Waals surface area contributed by atoms with E-state index in [1.807, 2.05) is 48.5 Å². The molecule has 0 aromatic heterocycles. The van der Waals surface area contributed by atoms with Gasteiger partial charge in [-0.1, -0.05) is 36.4 Å². The van der Waals surface area contributed by atoms with Crippen molar-refractivity contribution in [2.45, 2.75) is 13.2 Å². The number of hydrogen-bond acceptors (Lipinski definition) is 4. The van der Waals surface area contributed by atoms with Crippen molar-refractivity contribution < 1.29 is 19.4 Å². The van der Waals surface area contributed by atoms with Crippen molar-refractivity contribution in [1.82, 2.24) is 4.90 Å². The molecule has 1 N–H and O–H groups in total. The maximum Gasteiger partial charge on any atom is 0.317 e. The van der Waals surface area contributed by atoms with Crippen LogP contribution in [0.1, 0.15) is 11.1 Å². The van der Waals surface area contributed by atoms with Crippen LogP contribution in [0, 0.1) is 0 Å². The number of rotatable bonds is 8. The van der Waals surface area contributed by atoms with Gasteiger partial charge in [0.05, 0.1) is 13.7 Å². The van der Waals surface area contributed by atoms with E-state index >= 15 is 0 Å². The van der Waals surface area contributed by atoms with Gasteiger partial charge >= 0.3 is 5.97 Å². The summed E-state index contributed by atoms with van der Waals surface area (Å²) in [6.07, 6.45) is 0. The fraction of sp³-hybridized carbons (Fsp3) is 0.278. The van der Waals surface area contributed by atoms with Gasteiger partial charge in [-0.3, -0.25) is 9.69 Å². The van der Waals surface area contributed by atoms with Crippen LogP contribution in [-0.4, -0.2) is 36.7 Å². The molecule has 0 saturated carbocycles. The van der Waals surface area contributed by atoms with Crippen LogP contribution in [0.4, 0.5) is 0 Å². The van der Waals surface area contributed by atoms with Gasteiger partial charge in [-0.2, -0.15) is 0 Å². The zero-order chi connectivity index (χ0) is 16.7. The fourth-order valence-electron chi connectivity index (χ4n) is 2.27. The van der Waals surface area contributed by atoms with Crippen molar-refractivity contribution in [3.8, 4) is 11.5 Å². The summed E-state index contributed by atoms with van der Waals surface area (Å²) in [7, 11) is 3.36. The quantitative estimate of drug-likeness (QED) is 0.812. The molecule has 0 radical (unpaired) electrons. The van der Waals surface area contributed by atoms with Gasteiger partial charge in [-0.25, -0.2) is 0 Å². The summed E-state index contributed by atoms with van der Waals surface area (Å²) in [5.41, 5.74) is 2.04. The molecule has 0 aliphatic heterocycles. The van der Waals surface area contributed by atoms with Crippen LogP contribution in [0.15, 0.2) is 48.5 Å². The third kappa shape index (κ3) is 5.30. The van der Waals surface area contributed by atoms with E-state index in [9.17, 15) is 4.79 Å². The smallest absolute Gasteiger partial charge is 0.317 e. The first kappa shape index (κ1) is 16.8. The molecule has 2 aromatic rings. The van der Waals surface area contributed by atoms with Gasteiger partial charge in [-0.05, 0) is 30.3 Å². The number of ether oxygens (including phenoxy) is 2. The van der Waals surface area contributed by atoms with Crippen LogP contribution >= 0.6 is 0 Å². The van der Waals surface area contributed by atoms with Crippen LogP contribution < -0.4 is 9.47 Å². The molecule has 0 aliphatic carbocycles. The van der Waals surface area contributed by atoms with Crippen molar-refractivity contribution in [2.24, 2.45) is 0 Å². The SMILES string of the molecule is COc1ccc(CN(C)CC(=O)O)cc1OCc1ccccc1. The zero-order valence-electron chi connectivity index (χ0n) is 13.4. The molecule has 0 unspecified atom stereocenters. The second-order valence-corrected chi connectivity index (χ2v) is 5.33. The summed E-state index contributed by atoms with van der Waals surface area (Å²) in [6.45, 7) is 0.968. The molecule has 0 atom stereocenters. The summed E-state index contributed by atoms with van der Waals surface area (Å²) in [5, 5.41) is 8.82. The first-order valence-electron chi connectivity index (χ1n) is 7.32. The Hall–Kier alpha value is -2.53. The Kier molecular flexibility index (Phi) is 6.00. The Morgan fingerprint density at radius 2 is 1.83 bits per heavy atom. The Morgan fingerprint density at radius 1 is 1.09 bits per heavy atom. The monoisotopic (exact) mass is 315 g/mol. The van der Waals surface area contributed by atoms with Gasteiger partial charge in [0, 0.05) is 6.54 Å². The van der Waals surface area contributed by atoms with Crippen molar-refractivity contribution in [3.63, 3.8) is 0 Å². The normalized spacial score (nSPS) is 10.6. The van der Waals surface area contributed by atoms with E-state index in [4.69, 9.17) is 14.6 Å². The lowest BCUT2D eigenvalue weighted by Crippen LogP contribution is -2.25. The van der Waals surface area contributed by atoms with Gasteiger partial charge in [0.1, 0.15) is 6.61 Å². The highest BCUT2D eigenvalue weighted by molar-refractivity contribution is 5.69. The van der Waals surface area contributed by atoms with Gasteiger partial charge in [0.2, 0.25) is 0 Å². The summed E-state index contributed by atoms with van der Waals surface area (Å²) in [4.78, 5) is 12.5. The van der Waals surface area contributed by atoms with Crippen molar-refractivity contribution >= 4 is 5.97 Å². The second-order valence-electron chi connectivity index (χ2n) is 5.33. The summed E-state index contributed by atoms with van der Waals surface area (Å²) in [5.74, 6) is 0.463. The number of likely N-dealkylation sites (N-methyl/N-ethyl adjacent to an activating group) is 1. The molecule has 0 heterocycles. The van der Waals surface area contributed by atoms with E-state index < -0.39 is 5.97 Å². The largest absolute Gasteiger partial charge is 0.493 e. The van der Waals surface area contributed by atoms with Crippen LogP contribution in [0.25, 0.3) is 0 Å². The molecule has 122 valence electrons. The van der Waals surface area contributed by atoms with Crippen LogP contribution in [-0.2, 0) is 17.9 Å². The van der Waals surface area contributed by atoms with E-state index in [0.29, 0.717) is 24.7 Å². The number of carbonyl (C=O) groups is 1. The van der Waals surface area contributed by atoms with E-state index in [-0.39, 0.29) is 6.54 Å². The lowest BCUT2D eigenvalue weighted by Gasteiger charge is -2.16. The fourth-order valence-corrected chi connectivity index (χ4v) is 2.27.